The fourth-order valence-corrected chi connectivity index (χ4v) is 4.81. The molecule has 0 N–H and O–H groups in total. The van der Waals surface area contributed by atoms with Crippen LogP contribution in [0.4, 0.5) is 0 Å². The maximum atomic E-state index is 6.29. The van der Waals surface area contributed by atoms with Crippen molar-refractivity contribution in [3.63, 3.8) is 0 Å². The van der Waals surface area contributed by atoms with Crippen molar-refractivity contribution in [3.8, 4) is 23.0 Å². The lowest BCUT2D eigenvalue weighted by atomic mass is 9.84. The van der Waals surface area contributed by atoms with Crippen LogP contribution in [-0.2, 0) is 23.5 Å². The van der Waals surface area contributed by atoms with Gasteiger partial charge in [-0.15, -0.1) is 0 Å². The van der Waals surface area contributed by atoms with Crippen LogP contribution in [0, 0.1) is 6.92 Å². The molecule has 3 aliphatic heterocycles. The van der Waals surface area contributed by atoms with E-state index in [2.05, 4.69) is 29.2 Å². The summed E-state index contributed by atoms with van der Waals surface area (Å²) in [4.78, 5) is 7.24. The van der Waals surface area contributed by atoms with Gasteiger partial charge in [0.15, 0.2) is 11.5 Å². The van der Waals surface area contributed by atoms with Gasteiger partial charge < -0.3 is 18.6 Å². The summed E-state index contributed by atoms with van der Waals surface area (Å²) < 4.78 is 23.1. The van der Waals surface area contributed by atoms with Crippen molar-refractivity contribution in [3.05, 3.63) is 65.0 Å². The Balaban J connectivity index is 1.16. The van der Waals surface area contributed by atoms with Crippen LogP contribution < -0.4 is 9.47 Å². The highest BCUT2D eigenvalue weighted by atomic mass is 16.7. The largest absolute Gasteiger partial charge is 0.454 e. The molecule has 1 saturated heterocycles. The Hall–Kier alpha value is -2.83. The van der Waals surface area contributed by atoms with Crippen LogP contribution in [-0.4, -0.2) is 29.8 Å². The molecule has 0 amide bonds. The standard InChI is InChI=1S/C24H24N2O4/c1-16-20(25-23(30-16)17-6-7-21-22(12-17)28-15-27-21)13-26-10-8-24(9-11-26)19-5-3-2-4-18(19)14-29-24/h2-7,12H,8-11,13-15H2,1H3. The molecule has 0 aliphatic carbocycles. The third kappa shape index (κ3) is 2.90. The lowest BCUT2D eigenvalue weighted by Gasteiger charge is -2.39. The van der Waals surface area contributed by atoms with Gasteiger partial charge in [0, 0.05) is 25.2 Å². The van der Waals surface area contributed by atoms with Crippen LogP contribution in [0.3, 0.4) is 0 Å². The number of hydrogen-bond donors (Lipinski definition) is 0. The number of fused-ring (bicyclic) bond motifs is 3. The van der Waals surface area contributed by atoms with Gasteiger partial charge in [-0.05, 0) is 49.1 Å². The number of aromatic nitrogens is 1. The van der Waals surface area contributed by atoms with E-state index in [4.69, 9.17) is 23.6 Å². The summed E-state index contributed by atoms with van der Waals surface area (Å²) in [5.74, 6) is 3.00. The van der Waals surface area contributed by atoms with Crippen molar-refractivity contribution in [2.24, 2.45) is 0 Å². The van der Waals surface area contributed by atoms with E-state index in [-0.39, 0.29) is 12.4 Å². The predicted molar refractivity (Wildman–Crippen MR) is 110 cm³/mol. The van der Waals surface area contributed by atoms with Crippen molar-refractivity contribution in [1.82, 2.24) is 9.88 Å². The molecule has 6 rings (SSSR count). The Morgan fingerprint density at radius 1 is 1.03 bits per heavy atom. The maximum Gasteiger partial charge on any atom is 0.231 e. The van der Waals surface area contributed by atoms with Crippen molar-refractivity contribution in [1.29, 1.82) is 0 Å². The topological polar surface area (TPSA) is 57.0 Å². The van der Waals surface area contributed by atoms with Crippen LogP contribution in [0.15, 0.2) is 46.9 Å². The molecule has 1 aromatic heterocycles. The van der Waals surface area contributed by atoms with Gasteiger partial charge >= 0.3 is 0 Å². The van der Waals surface area contributed by atoms with Gasteiger partial charge in [0.1, 0.15) is 5.76 Å². The molecular formula is C24H24N2O4. The summed E-state index contributed by atoms with van der Waals surface area (Å²) in [7, 11) is 0. The van der Waals surface area contributed by atoms with Crippen molar-refractivity contribution < 1.29 is 18.6 Å². The van der Waals surface area contributed by atoms with Crippen LogP contribution in [0.5, 0.6) is 11.5 Å². The first-order valence-corrected chi connectivity index (χ1v) is 10.5. The van der Waals surface area contributed by atoms with E-state index < -0.39 is 0 Å². The Kier molecular flexibility index (Phi) is 4.11. The Morgan fingerprint density at radius 3 is 2.77 bits per heavy atom. The highest BCUT2D eigenvalue weighted by Gasteiger charge is 2.42. The van der Waals surface area contributed by atoms with Gasteiger partial charge in [-0.1, -0.05) is 24.3 Å². The van der Waals surface area contributed by atoms with Gasteiger partial charge in [-0.3, -0.25) is 4.90 Å². The second-order valence-corrected chi connectivity index (χ2v) is 8.31. The lowest BCUT2D eigenvalue weighted by Crippen LogP contribution is -2.42. The first kappa shape index (κ1) is 18.0. The zero-order valence-electron chi connectivity index (χ0n) is 17.0. The van der Waals surface area contributed by atoms with Gasteiger partial charge in [0.25, 0.3) is 0 Å². The molecule has 3 aliphatic rings. The highest BCUT2D eigenvalue weighted by molar-refractivity contribution is 5.60. The van der Waals surface area contributed by atoms with Gasteiger partial charge in [-0.2, -0.15) is 0 Å². The average Bonchev–Trinajstić information content (AvgIpc) is 3.48. The van der Waals surface area contributed by atoms with E-state index in [1.165, 1.54) is 11.1 Å². The third-order valence-corrected chi connectivity index (χ3v) is 6.56. The smallest absolute Gasteiger partial charge is 0.231 e. The highest BCUT2D eigenvalue weighted by Crippen LogP contribution is 2.44. The molecule has 1 spiro atoms. The van der Waals surface area contributed by atoms with Gasteiger partial charge in [-0.25, -0.2) is 4.98 Å². The van der Waals surface area contributed by atoms with Gasteiger partial charge in [0.05, 0.1) is 17.9 Å². The molecule has 1 fully saturated rings. The predicted octanol–water partition coefficient (Wildman–Crippen LogP) is 4.40. The molecule has 0 unspecified atom stereocenters. The average molecular weight is 404 g/mol. The van der Waals surface area contributed by atoms with Crippen LogP contribution in [0.2, 0.25) is 0 Å². The van der Waals surface area contributed by atoms with E-state index in [0.717, 1.165) is 67.6 Å². The second kappa shape index (κ2) is 6.86. The zero-order chi connectivity index (χ0) is 20.1. The maximum absolute atomic E-state index is 6.29. The fourth-order valence-electron chi connectivity index (χ4n) is 4.81. The van der Waals surface area contributed by atoms with Crippen molar-refractivity contribution in [2.75, 3.05) is 19.9 Å². The minimum atomic E-state index is -0.108. The molecule has 6 heteroatoms. The number of oxazole rings is 1. The van der Waals surface area contributed by atoms with E-state index in [9.17, 15) is 0 Å². The number of nitrogens with zero attached hydrogens (tertiary/aromatic N) is 2. The van der Waals surface area contributed by atoms with Gasteiger partial charge in [0.2, 0.25) is 12.7 Å². The number of aryl methyl sites for hydroxylation is 1. The minimum Gasteiger partial charge on any atom is -0.454 e. The molecule has 0 radical (unpaired) electrons. The number of hydrogen-bond acceptors (Lipinski definition) is 6. The first-order chi connectivity index (χ1) is 14.7. The van der Waals surface area contributed by atoms with Crippen LogP contribution >= 0.6 is 0 Å². The molecular weight excluding hydrogens is 380 g/mol. The zero-order valence-corrected chi connectivity index (χ0v) is 17.0. The van der Waals surface area contributed by atoms with E-state index in [1.807, 2.05) is 25.1 Å². The number of benzene rings is 2. The normalized spacial score (nSPS) is 19.4. The number of likely N-dealkylation sites (tertiary alicyclic amines) is 1. The molecule has 0 saturated carbocycles. The summed E-state index contributed by atoms with van der Waals surface area (Å²) in [6.07, 6.45) is 2.02. The molecule has 4 heterocycles. The van der Waals surface area contributed by atoms with Crippen LogP contribution in [0.1, 0.15) is 35.4 Å². The fraction of sp³-hybridized carbons (Fsp3) is 0.375. The van der Waals surface area contributed by atoms with E-state index in [1.54, 1.807) is 0 Å². The summed E-state index contributed by atoms with van der Waals surface area (Å²) >= 11 is 0. The van der Waals surface area contributed by atoms with E-state index >= 15 is 0 Å². The van der Waals surface area contributed by atoms with Crippen molar-refractivity contribution in [2.45, 2.75) is 38.5 Å². The van der Waals surface area contributed by atoms with E-state index in [0.29, 0.717) is 5.89 Å². The molecule has 0 atom stereocenters. The summed E-state index contributed by atoms with van der Waals surface area (Å²) in [6, 6.07) is 14.4. The quantitative estimate of drug-likeness (QED) is 0.645. The Morgan fingerprint density at radius 2 is 1.87 bits per heavy atom. The number of piperidine rings is 1. The number of rotatable bonds is 3. The molecule has 2 aromatic carbocycles. The van der Waals surface area contributed by atoms with Crippen molar-refractivity contribution >= 4 is 0 Å². The molecule has 30 heavy (non-hydrogen) atoms. The lowest BCUT2D eigenvalue weighted by molar-refractivity contribution is -0.0800. The molecule has 3 aromatic rings. The summed E-state index contributed by atoms with van der Waals surface area (Å²) in [6.45, 7) is 5.74. The summed E-state index contributed by atoms with van der Waals surface area (Å²) in [5, 5.41) is 0. The third-order valence-electron chi connectivity index (χ3n) is 6.56. The first-order valence-electron chi connectivity index (χ1n) is 10.5. The molecule has 0 bridgehead atoms. The monoisotopic (exact) mass is 404 g/mol. The SMILES string of the molecule is Cc1oc(-c2ccc3c(c2)OCO3)nc1CN1CCC2(CC1)OCc1ccccc12. The Labute approximate surface area is 175 Å². The summed E-state index contributed by atoms with van der Waals surface area (Å²) in [5.41, 5.74) is 4.51. The van der Waals surface area contributed by atoms with Crippen LogP contribution in [0.25, 0.3) is 11.5 Å². The molecule has 154 valence electrons. The Bertz CT molecular complexity index is 1100. The number of ether oxygens (including phenoxy) is 3. The minimum absolute atomic E-state index is 0.108. The molecule has 6 nitrogen and oxygen atoms in total. The second-order valence-electron chi connectivity index (χ2n) is 8.31.